The first-order valence-electron chi connectivity index (χ1n) is 5.29. The van der Waals surface area contributed by atoms with Crippen molar-refractivity contribution in [2.45, 2.75) is 6.61 Å². The summed E-state index contributed by atoms with van der Waals surface area (Å²) in [6, 6.07) is 10.2. The highest BCUT2D eigenvalue weighted by Crippen LogP contribution is 2.23. The molecular weight excluding hydrogens is 252 g/mol. The molecule has 0 spiro atoms. The summed E-state index contributed by atoms with van der Waals surface area (Å²) < 4.78 is 5.11. The fraction of sp³-hybridized carbons (Fsp3) is 0.0769. The van der Waals surface area contributed by atoms with Crippen LogP contribution in [0.2, 0.25) is 5.02 Å². The van der Waals surface area contributed by atoms with E-state index in [0.717, 1.165) is 0 Å². The molecule has 92 valence electrons. The second kappa shape index (κ2) is 5.51. The molecule has 0 saturated carbocycles. The molecule has 0 atom stereocenters. The molecule has 0 bridgehead atoms. The molecule has 0 aliphatic rings. The Kier molecular flexibility index (Phi) is 3.79. The van der Waals surface area contributed by atoms with Gasteiger partial charge in [-0.1, -0.05) is 23.7 Å². The topological polar surface area (TPSA) is 65.2 Å². The van der Waals surface area contributed by atoms with Gasteiger partial charge in [-0.05, 0) is 24.3 Å². The van der Waals surface area contributed by atoms with Crippen molar-refractivity contribution >= 4 is 23.3 Å². The van der Waals surface area contributed by atoms with Crippen LogP contribution in [-0.4, -0.2) is 11.0 Å². The quantitative estimate of drug-likeness (QED) is 0.682. The van der Waals surface area contributed by atoms with Gasteiger partial charge in [0.2, 0.25) is 0 Å². The van der Waals surface area contributed by atoms with Gasteiger partial charge in [0, 0.05) is 6.20 Å². The highest BCUT2D eigenvalue weighted by atomic mass is 35.5. The van der Waals surface area contributed by atoms with Crippen molar-refractivity contribution in [3.05, 3.63) is 58.9 Å². The molecule has 1 aromatic heterocycles. The number of carbonyl (C=O) groups is 1. The first kappa shape index (κ1) is 12.4. The lowest BCUT2D eigenvalue weighted by Gasteiger charge is -2.07. The molecule has 2 N–H and O–H groups in total. The summed E-state index contributed by atoms with van der Waals surface area (Å²) in [5.74, 6) is -0.513. The van der Waals surface area contributed by atoms with Crippen molar-refractivity contribution < 1.29 is 9.53 Å². The van der Waals surface area contributed by atoms with Crippen LogP contribution in [0.5, 0.6) is 0 Å². The van der Waals surface area contributed by atoms with E-state index in [-0.39, 0.29) is 17.9 Å². The molecule has 18 heavy (non-hydrogen) atoms. The zero-order valence-electron chi connectivity index (χ0n) is 9.47. The SMILES string of the molecule is Nc1c(Cl)cccc1C(=O)OCc1ccccn1. The number of nitrogens with zero attached hydrogens (tertiary/aromatic N) is 1. The average molecular weight is 263 g/mol. The monoisotopic (exact) mass is 262 g/mol. The first-order chi connectivity index (χ1) is 8.68. The fourth-order valence-corrected chi connectivity index (χ4v) is 1.59. The van der Waals surface area contributed by atoms with Gasteiger partial charge in [-0.3, -0.25) is 4.98 Å². The van der Waals surface area contributed by atoms with E-state index >= 15 is 0 Å². The summed E-state index contributed by atoms with van der Waals surface area (Å²) in [7, 11) is 0. The molecule has 1 heterocycles. The third-order valence-corrected chi connectivity index (χ3v) is 2.68. The Morgan fingerprint density at radius 3 is 2.83 bits per heavy atom. The molecule has 0 unspecified atom stereocenters. The van der Waals surface area contributed by atoms with E-state index in [2.05, 4.69) is 4.98 Å². The van der Waals surface area contributed by atoms with E-state index in [1.54, 1.807) is 36.5 Å². The van der Waals surface area contributed by atoms with Gasteiger partial charge in [0.25, 0.3) is 0 Å². The van der Waals surface area contributed by atoms with Crippen LogP contribution in [0, 0.1) is 0 Å². The number of esters is 1. The van der Waals surface area contributed by atoms with Crippen molar-refractivity contribution in [3.63, 3.8) is 0 Å². The van der Waals surface area contributed by atoms with Gasteiger partial charge in [-0.2, -0.15) is 0 Å². The summed E-state index contributed by atoms with van der Waals surface area (Å²) in [5.41, 5.74) is 6.87. The lowest BCUT2D eigenvalue weighted by atomic mass is 10.2. The second-order valence-electron chi connectivity index (χ2n) is 3.60. The maximum atomic E-state index is 11.8. The van der Waals surface area contributed by atoms with E-state index in [4.69, 9.17) is 22.1 Å². The molecule has 2 rings (SSSR count). The zero-order valence-corrected chi connectivity index (χ0v) is 10.2. The number of rotatable bonds is 3. The third-order valence-electron chi connectivity index (χ3n) is 2.35. The largest absolute Gasteiger partial charge is 0.456 e. The standard InChI is InChI=1S/C13H11ClN2O2/c14-11-6-3-5-10(12(11)15)13(17)18-8-9-4-1-2-7-16-9/h1-7H,8,15H2. The van der Waals surface area contributed by atoms with Crippen LogP contribution in [0.15, 0.2) is 42.6 Å². The number of anilines is 1. The Morgan fingerprint density at radius 1 is 1.28 bits per heavy atom. The zero-order chi connectivity index (χ0) is 13.0. The molecule has 0 aliphatic carbocycles. The van der Waals surface area contributed by atoms with Gasteiger partial charge < -0.3 is 10.5 Å². The number of para-hydroxylation sites is 1. The Hall–Kier alpha value is -2.07. The molecule has 0 radical (unpaired) electrons. The molecule has 0 aliphatic heterocycles. The van der Waals surface area contributed by atoms with E-state index in [0.29, 0.717) is 10.7 Å². The highest BCUT2D eigenvalue weighted by molar-refractivity contribution is 6.33. The number of nitrogens with two attached hydrogens (primary N) is 1. The van der Waals surface area contributed by atoms with Crippen LogP contribution in [0.1, 0.15) is 16.1 Å². The lowest BCUT2D eigenvalue weighted by molar-refractivity contribution is 0.0469. The Balaban J connectivity index is 2.07. The molecule has 4 nitrogen and oxygen atoms in total. The third kappa shape index (κ3) is 2.78. The van der Waals surface area contributed by atoms with Crippen LogP contribution in [0.4, 0.5) is 5.69 Å². The normalized spacial score (nSPS) is 10.1. The minimum Gasteiger partial charge on any atom is -0.456 e. The molecule has 5 heteroatoms. The number of pyridine rings is 1. The molecule has 0 fully saturated rings. The number of hydrogen-bond donors (Lipinski definition) is 1. The predicted molar refractivity (Wildman–Crippen MR) is 69.2 cm³/mol. The average Bonchev–Trinajstić information content (AvgIpc) is 2.40. The number of nitrogen functional groups attached to an aromatic ring is 1. The van der Waals surface area contributed by atoms with E-state index in [1.165, 1.54) is 0 Å². The fourth-order valence-electron chi connectivity index (χ4n) is 1.42. The summed E-state index contributed by atoms with van der Waals surface area (Å²) >= 11 is 5.83. The van der Waals surface area contributed by atoms with Gasteiger partial charge in [0.15, 0.2) is 0 Å². The van der Waals surface area contributed by atoms with Crippen LogP contribution >= 0.6 is 11.6 Å². The van der Waals surface area contributed by atoms with Gasteiger partial charge in [0.05, 0.1) is 22.0 Å². The van der Waals surface area contributed by atoms with Gasteiger partial charge in [0.1, 0.15) is 6.61 Å². The number of ether oxygens (including phenoxy) is 1. The van der Waals surface area contributed by atoms with Crippen molar-refractivity contribution in [1.82, 2.24) is 4.98 Å². The van der Waals surface area contributed by atoms with Crippen molar-refractivity contribution in [2.24, 2.45) is 0 Å². The maximum Gasteiger partial charge on any atom is 0.340 e. The second-order valence-corrected chi connectivity index (χ2v) is 4.01. The first-order valence-corrected chi connectivity index (χ1v) is 5.67. The Morgan fingerprint density at radius 2 is 2.11 bits per heavy atom. The molecule has 1 aromatic carbocycles. The van der Waals surface area contributed by atoms with E-state index < -0.39 is 5.97 Å². The minimum atomic E-state index is -0.513. The van der Waals surface area contributed by atoms with Crippen LogP contribution in [0.3, 0.4) is 0 Å². The van der Waals surface area contributed by atoms with E-state index in [9.17, 15) is 4.79 Å². The van der Waals surface area contributed by atoms with Crippen molar-refractivity contribution in [1.29, 1.82) is 0 Å². The number of hydrogen-bond acceptors (Lipinski definition) is 4. The summed E-state index contributed by atoms with van der Waals surface area (Å²) in [6.07, 6.45) is 1.64. The van der Waals surface area contributed by atoms with Gasteiger partial charge in [-0.25, -0.2) is 4.79 Å². The lowest BCUT2D eigenvalue weighted by Crippen LogP contribution is -2.09. The predicted octanol–water partition coefficient (Wildman–Crippen LogP) is 2.67. The molecule has 0 saturated heterocycles. The van der Waals surface area contributed by atoms with Crippen LogP contribution in [0.25, 0.3) is 0 Å². The number of halogens is 1. The van der Waals surface area contributed by atoms with Crippen LogP contribution in [-0.2, 0) is 11.3 Å². The number of aromatic nitrogens is 1. The summed E-state index contributed by atoms with van der Waals surface area (Å²) in [6.45, 7) is 0.103. The van der Waals surface area contributed by atoms with Crippen molar-refractivity contribution in [2.75, 3.05) is 5.73 Å². The Labute approximate surface area is 109 Å². The smallest absolute Gasteiger partial charge is 0.340 e. The Bertz CT molecular complexity index is 558. The van der Waals surface area contributed by atoms with Crippen molar-refractivity contribution in [3.8, 4) is 0 Å². The van der Waals surface area contributed by atoms with E-state index in [1.807, 2.05) is 6.07 Å². The van der Waals surface area contributed by atoms with Crippen LogP contribution < -0.4 is 5.73 Å². The summed E-state index contributed by atoms with van der Waals surface area (Å²) in [5, 5.41) is 0.335. The molecule has 0 amide bonds. The number of carbonyl (C=O) groups excluding carboxylic acids is 1. The molecule has 2 aromatic rings. The van der Waals surface area contributed by atoms with Gasteiger partial charge >= 0.3 is 5.97 Å². The van der Waals surface area contributed by atoms with Gasteiger partial charge in [-0.15, -0.1) is 0 Å². The number of benzene rings is 1. The minimum absolute atomic E-state index is 0.103. The maximum absolute atomic E-state index is 11.8. The summed E-state index contributed by atoms with van der Waals surface area (Å²) in [4.78, 5) is 15.9. The molecular formula is C13H11ClN2O2. The highest BCUT2D eigenvalue weighted by Gasteiger charge is 2.13.